The van der Waals surface area contributed by atoms with Crippen molar-refractivity contribution in [3.8, 4) is 0 Å². The molecule has 0 amide bonds. The molecule has 0 atom stereocenters. The predicted molar refractivity (Wildman–Crippen MR) is 67.6 cm³/mol. The van der Waals surface area contributed by atoms with Crippen LogP contribution in [0.5, 0.6) is 0 Å². The molecule has 0 aliphatic rings. The molecule has 1 aromatic heterocycles. The lowest BCUT2D eigenvalue weighted by Gasteiger charge is -2.06. The van der Waals surface area contributed by atoms with Gasteiger partial charge in [-0.1, -0.05) is 0 Å². The van der Waals surface area contributed by atoms with Crippen molar-refractivity contribution in [2.75, 3.05) is 4.72 Å². The SMILES string of the molecule is Cc1cc(F)cc(NS(=O)(=O)c2ccc(C(=O)O)o2)c1. The Bertz CT molecular complexity index is 746. The maximum atomic E-state index is 13.2. The summed E-state index contributed by atoms with van der Waals surface area (Å²) >= 11 is 0. The van der Waals surface area contributed by atoms with Gasteiger partial charge in [-0.3, -0.25) is 4.72 Å². The summed E-state index contributed by atoms with van der Waals surface area (Å²) in [5.74, 6) is -2.47. The Morgan fingerprint density at radius 1 is 1.30 bits per heavy atom. The minimum atomic E-state index is -4.11. The molecule has 0 bridgehead atoms. The fraction of sp³-hybridized carbons (Fsp3) is 0.0833. The number of aromatic carboxylic acids is 1. The summed E-state index contributed by atoms with van der Waals surface area (Å²) in [6.07, 6.45) is 0. The van der Waals surface area contributed by atoms with Crippen LogP contribution >= 0.6 is 0 Å². The minimum absolute atomic E-state index is 0.0239. The molecule has 8 heteroatoms. The summed E-state index contributed by atoms with van der Waals surface area (Å²) < 4.78 is 43.9. The van der Waals surface area contributed by atoms with Gasteiger partial charge in [0.2, 0.25) is 10.9 Å². The number of rotatable bonds is 4. The van der Waals surface area contributed by atoms with Crippen molar-refractivity contribution in [1.29, 1.82) is 0 Å². The smallest absolute Gasteiger partial charge is 0.371 e. The van der Waals surface area contributed by atoms with Gasteiger partial charge in [-0.2, -0.15) is 8.42 Å². The molecule has 6 nitrogen and oxygen atoms in total. The third-order valence-corrected chi connectivity index (χ3v) is 3.60. The molecule has 2 rings (SSSR count). The van der Waals surface area contributed by atoms with Crippen LogP contribution < -0.4 is 4.72 Å². The van der Waals surface area contributed by atoms with E-state index >= 15 is 0 Å². The van der Waals surface area contributed by atoms with Crippen LogP contribution in [0.25, 0.3) is 0 Å². The molecule has 0 fully saturated rings. The molecule has 0 saturated heterocycles. The molecular formula is C12H10FNO5S. The molecule has 1 heterocycles. The second kappa shape index (κ2) is 4.97. The van der Waals surface area contributed by atoms with E-state index in [-0.39, 0.29) is 5.69 Å². The first-order valence-electron chi connectivity index (χ1n) is 5.41. The summed E-state index contributed by atoms with van der Waals surface area (Å²) in [5, 5.41) is 8.11. The van der Waals surface area contributed by atoms with E-state index in [4.69, 9.17) is 9.52 Å². The van der Waals surface area contributed by atoms with E-state index in [0.29, 0.717) is 5.56 Å². The molecule has 20 heavy (non-hydrogen) atoms. The molecule has 106 valence electrons. The number of halogens is 1. The number of sulfonamides is 1. The maximum absolute atomic E-state index is 13.2. The highest BCUT2D eigenvalue weighted by Crippen LogP contribution is 2.20. The van der Waals surface area contributed by atoms with Gasteiger partial charge in [0, 0.05) is 0 Å². The molecule has 0 saturated carbocycles. The molecule has 1 aromatic carbocycles. The zero-order valence-electron chi connectivity index (χ0n) is 10.3. The van der Waals surface area contributed by atoms with Gasteiger partial charge in [-0.15, -0.1) is 0 Å². The van der Waals surface area contributed by atoms with E-state index in [1.807, 2.05) is 0 Å². The Morgan fingerprint density at radius 2 is 2.00 bits per heavy atom. The number of hydrogen-bond donors (Lipinski definition) is 2. The van der Waals surface area contributed by atoms with Crippen molar-refractivity contribution in [3.05, 3.63) is 47.5 Å². The van der Waals surface area contributed by atoms with E-state index in [9.17, 15) is 17.6 Å². The highest BCUT2D eigenvalue weighted by molar-refractivity contribution is 7.92. The van der Waals surface area contributed by atoms with Gasteiger partial charge < -0.3 is 9.52 Å². The number of carboxylic acids is 1. The fourth-order valence-corrected chi connectivity index (χ4v) is 2.56. The van der Waals surface area contributed by atoms with Gasteiger partial charge in [0.1, 0.15) is 5.82 Å². The number of benzene rings is 1. The summed E-state index contributed by atoms with van der Waals surface area (Å²) in [6.45, 7) is 1.61. The molecular weight excluding hydrogens is 289 g/mol. The molecule has 0 radical (unpaired) electrons. The van der Waals surface area contributed by atoms with E-state index in [1.165, 1.54) is 12.1 Å². The van der Waals surface area contributed by atoms with Crippen LogP contribution in [0.2, 0.25) is 0 Å². The van der Waals surface area contributed by atoms with Gasteiger partial charge in [0.05, 0.1) is 5.69 Å². The average Bonchev–Trinajstić information content (AvgIpc) is 2.76. The molecule has 0 unspecified atom stereocenters. The summed E-state index contributed by atoms with van der Waals surface area (Å²) in [4.78, 5) is 10.6. The van der Waals surface area contributed by atoms with Gasteiger partial charge in [0.15, 0.2) is 0 Å². The maximum Gasteiger partial charge on any atom is 0.371 e. The lowest BCUT2D eigenvalue weighted by molar-refractivity contribution is 0.0656. The standard InChI is InChI=1S/C12H10FNO5S/c1-7-4-8(13)6-9(5-7)14-20(17,18)11-3-2-10(19-11)12(15)16/h2-6,14H,1H3,(H,15,16). The Kier molecular flexibility index (Phi) is 3.49. The zero-order chi connectivity index (χ0) is 14.9. The van der Waals surface area contributed by atoms with Crippen LogP contribution in [0.1, 0.15) is 16.1 Å². The highest BCUT2D eigenvalue weighted by atomic mass is 32.2. The van der Waals surface area contributed by atoms with Crippen molar-refractivity contribution in [2.24, 2.45) is 0 Å². The number of hydrogen-bond acceptors (Lipinski definition) is 4. The van der Waals surface area contributed by atoms with E-state index in [0.717, 1.165) is 18.2 Å². The van der Waals surface area contributed by atoms with E-state index in [1.54, 1.807) is 6.92 Å². The second-order valence-electron chi connectivity index (χ2n) is 4.05. The second-order valence-corrected chi connectivity index (χ2v) is 5.66. The van der Waals surface area contributed by atoms with Gasteiger partial charge >= 0.3 is 5.97 Å². The average molecular weight is 299 g/mol. The number of carboxylic acid groups (broad SMARTS) is 1. The lowest BCUT2D eigenvalue weighted by atomic mass is 10.2. The molecule has 2 N–H and O–H groups in total. The van der Waals surface area contributed by atoms with Crippen molar-refractivity contribution in [3.63, 3.8) is 0 Å². The van der Waals surface area contributed by atoms with Crippen molar-refractivity contribution in [2.45, 2.75) is 12.0 Å². The number of carbonyl (C=O) groups is 1. The first-order valence-corrected chi connectivity index (χ1v) is 6.89. The molecule has 0 spiro atoms. The number of anilines is 1. The molecule has 0 aliphatic heterocycles. The minimum Gasteiger partial charge on any atom is -0.475 e. The first kappa shape index (κ1) is 14.1. The van der Waals surface area contributed by atoms with Crippen LogP contribution in [0.15, 0.2) is 39.8 Å². The Balaban J connectivity index is 2.32. The van der Waals surface area contributed by atoms with E-state index in [2.05, 4.69) is 4.72 Å². The number of furan rings is 1. The Morgan fingerprint density at radius 3 is 2.55 bits per heavy atom. The first-order chi connectivity index (χ1) is 9.28. The Hall–Kier alpha value is -2.35. The molecule has 2 aromatic rings. The third kappa shape index (κ3) is 2.97. The van der Waals surface area contributed by atoms with Crippen LogP contribution in [0.4, 0.5) is 10.1 Å². The van der Waals surface area contributed by atoms with Crippen LogP contribution in [-0.2, 0) is 10.0 Å². The number of aryl methyl sites for hydroxylation is 1. The topological polar surface area (TPSA) is 96.6 Å². The fourth-order valence-electron chi connectivity index (χ4n) is 1.58. The summed E-state index contributed by atoms with van der Waals surface area (Å²) in [5.41, 5.74) is 0.559. The van der Waals surface area contributed by atoms with Gasteiger partial charge in [0.25, 0.3) is 10.0 Å². The Labute approximate surface area is 113 Å². The molecule has 0 aliphatic carbocycles. The monoisotopic (exact) mass is 299 g/mol. The van der Waals surface area contributed by atoms with Crippen LogP contribution in [0, 0.1) is 12.7 Å². The van der Waals surface area contributed by atoms with Gasteiger partial charge in [-0.05, 0) is 42.8 Å². The summed E-state index contributed by atoms with van der Waals surface area (Å²) in [6, 6.07) is 5.71. The third-order valence-electron chi connectivity index (χ3n) is 2.35. The highest BCUT2D eigenvalue weighted by Gasteiger charge is 2.21. The predicted octanol–water partition coefficient (Wildman–Crippen LogP) is 2.23. The van der Waals surface area contributed by atoms with Crippen LogP contribution in [0.3, 0.4) is 0 Å². The summed E-state index contributed by atoms with van der Waals surface area (Å²) in [7, 11) is -4.11. The van der Waals surface area contributed by atoms with Crippen molar-refractivity contribution < 1.29 is 27.1 Å². The van der Waals surface area contributed by atoms with Crippen LogP contribution in [-0.4, -0.2) is 19.5 Å². The largest absolute Gasteiger partial charge is 0.475 e. The number of nitrogens with one attached hydrogen (secondary N) is 1. The quantitative estimate of drug-likeness (QED) is 0.902. The van der Waals surface area contributed by atoms with Crippen molar-refractivity contribution >= 4 is 21.7 Å². The normalized spacial score (nSPS) is 11.3. The zero-order valence-corrected chi connectivity index (χ0v) is 11.1. The van der Waals surface area contributed by atoms with Crippen molar-refractivity contribution in [1.82, 2.24) is 0 Å². The lowest BCUT2D eigenvalue weighted by Crippen LogP contribution is -2.12. The van der Waals surface area contributed by atoms with E-state index < -0.39 is 32.7 Å². The van der Waals surface area contributed by atoms with Gasteiger partial charge in [-0.25, -0.2) is 9.18 Å².